The first kappa shape index (κ1) is 26.8. The van der Waals surface area contributed by atoms with Crippen molar-refractivity contribution >= 4 is 23.5 Å². The maximum atomic E-state index is 11.2. The van der Waals surface area contributed by atoms with E-state index in [2.05, 4.69) is 0 Å². The van der Waals surface area contributed by atoms with Crippen LogP contribution in [0.1, 0.15) is 97.1 Å². The van der Waals surface area contributed by atoms with Gasteiger partial charge < -0.3 is 10.2 Å². The van der Waals surface area contributed by atoms with Crippen LogP contribution in [-0.4, -0.2) is 33.8 Å². The van der Waals surface area contributed by atoms with Crippen LogP contribution in [0.3, 0.4) is 0 Å². The van der Waals surface area contributed by atoms with Crippen molar-refractivity contribution in [3.63, 3.8) is 0 Å². The van der Waals surface area contributed by atoms with E-state index in [9.17, 15) is 10.2 Å². The highest BCUT2D eigenvalue weighted by Crippen LogP contribution is 2.43. The normalized spacial score (nSPS) is 14.0. The van der Waals surface area contributed by atoms with Gasteiger partial charge in [0.05, 0.1) is 34.7 Å². The Labute approximate surface area is 199 Å². The Kier molecular flexibility index (Phi) is 6.78. The van der Waals surface area contributed by atoms with Crippen LogP contribution in [0.15, 0.2) is 30.3 Å². The Morgan fingerprint density at radius 3 is 1.28 bits per heavy atom. The van der Waals surface area contributed by atoms with Crippen molar-refractivity contribution in [3.05, 3.63) is 58.1 Å². The zero-order valence-electron chi connectivity index (χ0n) is 21.5. The minimum Gasteiger partial charge on any atom is -0.386 e. The van der Waals surface area contributed by atoms with Gasteiger partial charge in [0.25, 0.3) is 0 Å². The molecule has 0 saturated carbocycles. The second-order valence-corrected chi connectivity index (χ2v) is 12.0. The number of benzene rings is 2. The SMILES string of the molecule is [B]C(C)(C)c1cc(-c2c(C([B])(C)C)cc(C([B])(C)C)cc2C(C)(C)O)cc(C(C)(C)O)c1. The third-order valence-corrected chi connectivity index (χ3v) is 5.91. The highest BCUT2D eigenvalue weighted by Gasteiger charge is 2.31. The van der Waals surface area contributed by atoms with Gasteiger partial charge in [0, 0.05) is 0 Å². The van der Waals surface area contributed by atoms with Gasteiger partial charge in [0.2, 0.25) is 0 Å². The van der Waals surface area contributed by atoms with E-state index in [1.807, 2.05) is 71.9 Å². The van der Waals surface area contributed by atoms with Gasteiger partial charge in [0.15, 0.2) is 0 Å². The molecule has 166 valence electrons. The summed E-state index contributed by atoms with van der Waals surface area (Å²) in [5.74, 6) is 0. The molecule has 0 aliphatic rings. The van der Waals surface area contributed by atoms with E-state index in [1.165, 1.54) is 0 Å². The van der Waals surface area contributed by atoms with Gasteiger partial charge >= 0.3 is 0 Å². The molecule has 0 aromatic heterocycles. The van der Waals surface area contributed by atoms with Gasteiger partial charge in [-0.3, -0.25) is 0 Å². The molecule has 32 heavy (non-hydrogen) atoms. The third kappa shape index (κ3) is 5.91. The second kappa shape index (κ2) is 8.10. The summed E-state index contributed by atoms with van der Waals surface area (Å²) in [5, 5.41) is 20.1. The van der Waals surface area contributed by atoms with E-state index in [4.69, 9.17) is 23.5 Å². The van der Waals surface area contributed by atoms with Crippen molar-refractivity contribution in [2.24, 2.45) is 0 Å². The van der Waals surface area contributed by atoms with Crippen LogP contribution in [0.2, 0.25) is 0 Å². The van der Waals surface area contributed by atoms with Crippen molar-refractivity contribution in [3.8, 4) is 11.1 Å². The summed E-state index contributed by atoms with van der Waals surface area (Å²) in [6.45, 7) is 18.7. The number of rotatable bonds is 6. The Hall–Kier alpha value is -1.45. The van der Waals surface area contributed by atoms with E-state index >= 15 is 0 Å². The fraction of sp³-hybridized carbons (Fsp3) is 0.556. The fourth-order valence-corrected chi connectivity index (χ4v) is 3.81. The number of aliphatic hydroxyl groups is 2. The minimum atomic E-state index is -1.15. The molecule has 2 rings (SSSR count). The van der Waals surface area contributed by atoms with Crippen molar-refractivity contribution in [1.82, 2.24) is 0 Å². The van der Waals surface area contributed by atoms with Gasteiger partial charge in [-0.2, -0.15) is 0 Å². The molecule has 2 nitrogen and oxygen atoms in total. The van der Waals surface area contributed by atoms with Crippen LogP contribution in [0, 0.1) is 0 Å². The molecule has 6 radical (unpaired) electrons. The molecule has 2 N–H and O–H groups in total. The van der Waals surface area contributed by atoms with Crippen LogP contribution in [0.4, 0.5) is 0 Å². The summed E-state index contributed by atoms with van der Waals surface area (Å²) in [6, 6.07) is 9.94. The lowest BCUT2D eigenvalue weighted by Crippen LogP contribution is -2.27. The Morgan fingerprint density at radius 1 is 0.500 bits per heavy atom. The maximum Gasteiger partial charge on any atom is 0.0846 e. The molecule has 0 unspecified atom stereocenters. The summed E-state index contributed by atoms with van der Waals surface area (Å²) >= 11 is 0. The molecular formula is C27H37B3O2. The second-order valence-electron chi connectivity index (χ2n) is 12.0. The Balaban J connectivity index is 3.12. The first-order valence-corrected chi connectivity index (χ1v) is 11.2. The predicted molar refractivity (Wildman–Crippen MR) is 139 cm³/mol. The minimum absolute atomic E-state index is 0.613. The average Bonchev–Trinajstić information content (AvgIpc) is 2.56. The molecular weight excluding hydrogens is 389 g/mol. The number of hydrogen-bond acceptors (Lipinski definition) is 2. The molecule has 0 atom stereocenters. The highest BCUT2D eigenvalue weighted by atomic mass is 16.3. The fourth-order valence-electron chi connectivity index (χ4n) is 3.81. The summed E-state index contributed by atoms with van der Waals surface area (Å²) in [6.07, 6.45) is 0. The topological polar surface area (TPSA) is 40.5 Å². The monoisotopic (exact) mass is 426 g/mol. The summed E-state index contributed by atoms with van der Waals surface area (Å²) in [5.41, 5.74) is 3.61. The van der Waals surface area contributed by atoms with Crippen LogP contribution < -0.4 is 0 Å². The summed E-state index contributed by atoms with van der Waals surface area (Å²) < 4.78 is 0. The van der Waals surface area contributed by atoms with Gasteiger partial charge in [-0.1, -0.05) is 76.9 Å². The van der Waals surface area contributed by atoms with Gasteiger partial charge in [-0.05, 0) is 77.5 Å². The van der Waals surface area contributed by atoms with E-state index in [0.29, 0.717) is 0 Å². The van der Waals surface area contributed by atoms with Gasteiger partial charge in [0.1, 0.15) is 0 Å². The van der Waals surface area contributed by atoms with Crippen molar-refractivity contribution in [2.45, 2.75) is 96.4 Å². The van der Waals surface area contributed by atoms with E-state index < -0.39 is 27.1 Å². The molecule has 0 aliphatic carbocycles. The Bertz CT molecular complexity index is 923. The molecule has 2 aromatic carbocycles. The van der Waals surface area contributed by atoms with E-state index in [-0.39, 0.29) is 0 Å². The first-order valence-electron chi connectivity index (χ1n) is 11.2. The molecule has 5 heteroatoms. The van der Waals surface area contributed by atoms with E-state index in [1.54, 1.807) is 27.7 Å². The summed E-state index contributed by atoms with van der Waals surface area (Å²) in [7, 11) is 19.6. The zero-order valence-corrected chi connectivity index (χ0v) is 21.5. The zero-order chi connectivity index (χ0) is 25.1. The predicted octanol–water partition coefficient (Wildman–Crippen LogP) is 5.02. The third-order valence-electron chi connectivity index (χ3n) is 5.91. The Morgan fingerprint density at radius 2 is 0.906 bits per heavy atom. The number of hydrogen-bond donors (Lipinski definition) is 2. The molecule has 0 saturated heterocycles. The average molecular weight is 426 g/mol. The van der Waals surface area contributed by atoms with Crippen molar-refractivity contribution in [1.29, 1.82) is 0 Å². The van der Waals surface area contributed by atoms with E-state index in [0.717, 1.165) is 38.9 Å². The molecule has 0 heterocycles. The van der Waals surface area contributed by atoms with Gasteiger partial charge in [-0.25, -0.2) is 0 Å². The van der Waals surface area contributed by atoms with Crippen LogP contribution in [-0.2, 0) is 27.1 Å². The standard InChI is InChI=1S/C27H37B3O2/c1-23(2,28)17-11-16(12-19(13-17)26(7,8)31)22-20(25(5,6)30)14-18(24(3,4)29)15-21(22)27(9,10)32/h11-15,31-32H,1-10H3. The molecule has 2 aromatic rings. The largest absolute Gasteiger partial charge is 0.386 e. The first-order chi connectivity index (χ1) is 14.0. The molecule has 0 spiro atoms. The molecule has 0 amide bonds. The molecule has 0 aliphatic heterocycles. The highest BCUT2D eigenvalue weighted by molar-refractivity contribution is 6.17. The lowest BCUT2D eigenvalue weighted by Gasteiger charge is -2.34. The maximum absolute atomic E-state index is 11.2. The van der Waals surface area contributed by atoms with Crippen LogP contribution in [0.5, 0.6) is 0 Å². The molecule has 0 fully saturated rings. The smallest absolute Gasteiger partial charge is 0.0846 e. The lowest BCUT2D eigenvalue weighted by molar-refractivity contribution is 0.0785. The summed E-state index contributed by atoms with van der Waals surface area (Å²) in [4.78, 5) is 0. The molecule has 0 bridgehead atoms. The van der Waals surface area contributed by atoms with Crippen LogP contribution in [0.25, 0.3) is 11.1 Å². The van der Waals surface area contributed by atoms with Crippen LogP contribution >= 0.6 is 0 Å². The quantitative estimate of drug-likeness (QED) is 0.638. The van der Waals surface area contributed by atoms with Gasteiger partial charge in [-0.15, -0.1) is 0 Å². The van der Waals surface area contributed by atoms with Crippen molar-refractivity contribution < 1.29 is 10.2 Å². The lowest BCUT2D eigenvalue weighted by atomic mass is 9.60. The van der Waals surface area contributed by atoms with Crippen molar-refractivity contribution in [2.75, 3.05) is 0 Å².